The zero-order chi connectivity index (χ0) is 20.9. The van der Waals surface area contributed by atoms with Crippen LogP contribution in [0, 0.1) is 0 Å². The van der Waals surface area contributed by atoms with Crippen molar-refractivity contribution >= 4 is 11.7 Å². The lowest BCUT2D eigenvalue weighted by Crippen LogP contribution is -2.41. The molecule has 0 spiro atoms. The highest BCUT2D eigenvalue weighted by molar-refractivity contribution is 5.92. The van der Waals surface area contributed by atoms with Crippen molar-refractivity contribution in [2.75, 3.05) is 24.6 Å². The van der Waals surface area contributed by atoms with E-state index in [0.717, 1.165) is 24.5 Å². The first-order chi connectivity index (χ1) is 14.6. The van der Waals surface area contributed by atoms with Crippen LogP contribution in [0.3, 0.4) is 0 Å². The van der Waals surface area contributed by atoms with E-state index in [2.05, 4.69) is 20.3 Å². The van der Waals surface area contributed by atoms with Gasteiger partial charge in [-0.25, -0.2) is 4.98 Å². The minimum absolute atomic E-state index is 0.172. The van der Waals surface area contributed by atoms with Crippen molar-refractivity contribution in [1.29, 1.82) is 0 Å². The topological polar surface area (TPSA) is 89.4 Å². The number of hydrogen-bond acceptors (Lipinski definition) is 6. The summed E-state index contributed by atoms with van der Waals surface area (Å²) >= 11 is 0. The molecule has 3 aromatic rings. The number of aromatic nitrogens is 3. The molecule has 0 saturated carbocycles. The van der Waals surface area contributed by atoms with E-state index >= 15 is 0 Å². The van der Waals surface area contributed by atoms with Gasteiger partial charge in [0.15, 0.2) is 0 Å². The molecule has 0 aliphatic carbocycles. The molecule has 1 saturated heterocycles. The number of morpholine rings is 1. The molecule has 1 amide bonds. The highest BCUT2D eigenvalue weighted by Gasteiger charge is 2.18. The van der Waals surface area contributed by atoms with Crippen molar-refractivity contribution in [1.82, 2.24) is 20.1 Å². The lowest BCUT2D eigenvalue weighted by molar-refractivity contribution is 0.0529. The van der Waals surface area contributed by atoms with Crippen molar-refractivity contribution in [2.45, 2.75) is 19.6 Å². The standard InChI is InChI=1S/C22H23N5O3/c1-16-15-26(11-12-30-16)20-9-7-17(13-23-20)14-24-22(29)19-8-10-21(28)27(25-19)18-5-3-2-4-6-18/h2-10,13,16H,11-12,14-15H2,1H3,(H,24,29). The Balaban J connectivity index is 1.41. The second-order valence-corrected chi connectivity index (χ2v) is 7.14. The maximum atomic E-state index is 12.5. The summed E-state index contributed by atoms with van der Waals surface area (Å²) in [4.78, 5) is 31.3. The number of benzene rings is 1. The van der Waals surface area contributed by atoms with Crippen molar-refractivity contribution in [3.8, 4) is 5.69 Å². The predicted molar refractivity (Wildman–Crippen MR) is 113 cm³/mol. The number of nitrogens with zero attached hydrogens (tertiary/aromatic N) is 4. The number of ether oxygens (including phenoxy) is 1. The van der Waals surface area contributed by atoms with Crippen LogP contribution in [0.2, 0.25) is 0 Å². The highest BCUT2D eigenvalue weighted by atomic mass is 16.5. The molecule has 3 heterocycles. The maximum absolute atomic E-state index is 12.5. The number of nitrogens with one attached hydrogen (secondary N) is 1. The summed E-state index contributed by atoms with van der Waals surface area (Å²) in [6.45, 7) is 4.68. The zero-order valence-electron chi connectivity index (χ0n) is 16.7. The largest absolute Gasteiger partial charge is 0.375 e. The van der Waals surface area contributed by atoms with E-state index in [9.17, 15) is 9.59 Å². The number of hydrogen-bond donors (Lipinski definition) is 1. The van der Waals surface area contributed by atoms with E-state index in [0.29, 0.717) is 18.8 Å². The summed E-state index contributed by atoms with van der Waals surface area (Å²) in [7, 11) is 0. The molecule has 8 nitrogen and oxygen atoms in total. The second kappa shape index (κ2) is 8.87. The van der Waals surface area contributed by atoms with Crippen LogP contribution in [0.4, 0.5) is 5.82 Å². The number of amides is 1. The maximum Gasteiger partial charge on any atom is 0.272 e. The molecule has 1 aromatic carbocycles. The van der Waals surface area contributed by atoms with Crippen molar-refractivity contribution in [2.24, 2.45) is 0 Å². The first-order valence-corrected chi connectivity index (χ1v) is 9.85. The van der Waals surface area contributed by atoms with Crippen LogP contribution in [-0.4, -0.2) is 46.5 Å². The second-order valence-electron chi connectivity index (χ2n) is 7.14. The number of carbonyl (C=O) groups excluding carboxylic acids is 1. The van der Waals surface area contributed by atoms with Gasteiger partial charge in [-0.3, -0.25) is 9.59 Å². The molecule has 0 bridgehead atoms. The lowest BCUT2D eigenvalue weighted by atomic mass is 10.2. The van der Waals surface area contributed by atoms with Gasteiger partial charge in [-0.05, 0) is 36.8 Å². The molecule has 1 aliphatic heterocycles. The lowest BCUT2D eigenvalue weighted by Gasteiger charge is -2.32. The van der Waals surface area contributed by atoms with Crippen LogP contribution in [0.15, 0.2) is 65.6 Å². The van der Waals surface area contributed by atoms with E-state index in [1.54, 1.807) is 18.3 Å². The first-order valence-electron chi connectivity index (χ1n) is 9.85. The van der Waals surface area contributed by atoms with Crippen molar-refractivity contribution in [3.05, 3.63) is 82.4 Å². The summed E-state index contributed by atoms with van der Waals surface area (Å²) in [6.07, 6.45) is 1.94. The average molecular weight is 405 g/mol. The van der Waals surface area contributed by atoms with Gasteiger partial charge in [-0.1, -0.05) is 24.3 Å². The van der Waals surface area contributed by atoms with E-state index in [-0.39, 0.29) is 23.3 Å². The highest BCUT2D eigenvalue weighted by Crippen LogP contribution is 2.15. The fourth-order valence-electron chi connectivity index (χ4n) is 3.29. The van der Waals surface area contributed by atoms with E-state index < -0.39 is 0 Å². The Kier molecular flexibility index (Phi) is 5.85. The normalized spacial score (nSPS) is 16.3. The third kappa shape index (κ3) is 4.55. The number of pyridine rings is 1. The van der Waals surface area contributed by atoms with Gasteiger partial charge < -0.3 is 15.0 Å². The molecule has 2 aromatic heterocycles. The molecule has 8 heteroatoms. The molecule has 0 radical (unpaired) electrons. The summed E-state index contributed by atoms with van der Waals surface area (Å²) in [5.41, 5.74) is 1.36. The van der Waals surface area contributed by atoms with Gasteiger partial charge in [0.2, 0.25) is 0 Å². The van der Waals surface area contributed by atoms with E-state index in [1.807, 2.05) is 37.3 Å². The smallest absolute Gasteiger partial charge is 0.272 e. The van der Waals surface area contributed by atoms with Crippen LogP contribution in [0.1, 0.15) is 23.0 Å². The van der Waals surface area contributed by atoms with Gasteiger partial charge in [-0.2, -0.15) is 9.78 Å². The minimum Gasteiger partial charge on any atom is -0.375 e. The number of anilines is 1. The first kappa shape index (κ1) is 19.8. The van der Waals surface area contributed by atoms with Crippen molar-refractivity contribution < 1.29 is 9.53 Å². The zero-order valence-corrected chi connectivity index (χ0v) is 16.7. The molecule has 154 valence electrons. The number of para-hydroxylation sites is 1. The third-order valence-electron chi connectivity index (χ3n) is 4.86. The van der Waals surface area contributed by atoms with Crippen LogP contribution in [0.25, 0.3) is 5.69 Å². The number of carbonyl (C=O) groups is 1. The van der Waals surface area contributed by atoms with Gasteiger partial charge in [0, 0.05) is 31.9 Å². The van der Waals surface area contributed by atoms with E-state index in [4.69, 9.17) is 4.74 Å². The molecule has 4 rings (SSSR count). The summed E-state index contributed by atoms with van der Waals surface area (Å²) in [6, 6.07) is 15.7. The third-order valence-corrected chi connectivity index (χ3v) is 4.86. The van der Waals surface area contributed by atoms with Gasteiger partial charge in [0.05, 0.1) is 18.4 Å². The van der Waals surface area contributed by atoms with Gasteiger partial charge >= 0.3 is 0 Å². The van der Waals surface area contributed by atoms with Crippen molar-refractivity contribution in [3.63, 3.8) is 0 Å². The van der Waals surface area contributed by atoms with Gasteiger partial charge in [0.1, 0.15) is 11.5 Å². The molecule has 1 unspecified atom stereocenters. The average Bonchev–Trinajstić information content (AvgIpc) is 2.79. The summed E-state index contributed by atoms with van der Waals surface area (Å²) < 4.78 is 6.78. The predicted octanol–water partition coefficient (Wildman–Crippen LogP) is 1.78. The molecule has 1 N–H and O–H groups in total. The molecule has 30 heavy (non-hydrogen) atoms. The summed E-state index contributed by atoms with van der Waals surface area (Å²) in [5, 5.41) is 7.02. The molecule has 1 fully saturated rings. The Hall–Kier alpha value is -3.52. The van der Waals surface area contributed by atoms with Crippen LogP contribution >= 0.6 is 0 Å². The quantitative estimate of drug-likeness (QED) is 0.696. The fourth-order valence-corrected chi connectivity index (χ4v) is 3.29. The Morgan fingerprint density at radius 2 is 2.00 bits per heavy atom. The number of rotatable bonds is 5. The fraction of sp³-hybridized carbons (Fsp3) is 0.273. The Morgan fingerprint density at radius 1 is 1.17 bits per heavy atom. The van der Waals surface area contributed by atoms with Gasteiger partial charge in [-0.15, -0.1) is 0 Å². The van der Waals surface area contributed by atoms with Crippen LogP contribution < -0.4 is 15.8 Å². The monoisotopic (exact) mass is 405 g/mol. The SMILES string of the molecule is CC1CN(c2ccc(CNC(=O)c3ccc(=O)n(-c4ccccc4)n3)cn2)CCO1. The molecule has 1 aliphatic rings. The Bertz CT molecular complexity index is 1070. The van der Waals surface area contributed by atoms with Crippen LogP contribution in [-0.2, 0) is 11.3 Å². The van der Waals surface area contributed by atoms with E-state index in [1.165, 1.54) is 16.8 Å². The molecule has 1 atom stereocenters. The molecular formula is C22H23N5O3. The minimum atomic E-state index is -0.356. The Morgan fingerprint density at radius 3 is 2.73 bits per heavy atom. The molecular weight excluding hydrogens is 382 g/mol. The van der Waals surface area contributed by atoms with Gasteiger partial charge in [0.25, 0.3) is 11.5 Å². The van der Waals surface area contributed by atoms with Crippen LogP contribution in [0.5, 0.6) is 0 Å². The Labute approximate surface area is 174 Å². The summed E-state index contributed by atoms with van der Waals surface area (Å²) in [5.74, 6) is 0.544.